The van der Waals surface area contributed by atoms with Crippen LogP contribution in [0.25, 0.3) is 0 Å². The summed E-state index contributed by atoms with van der Waals surface area (Å²) in [4.78, 5) is 2.32. The summed E-state index contributed by atoms with van der Waals surface area (Å²) in [5.41, 5.74) is 2.98. The van der Waals surface area contributed by atoms with Gasteiger partial charge in [0.1, 0.15) is 0 Å². The lowest BCUT2D eigenvalue weighted by molar-refractivity contribution is 0.353. The molecule has 0 bridgehead atoms. The number of fused-ring (bicyclic) bond motifs is 1. The lowest BCUT2D eigenvalue weighted by Crippen LogP contribution is -2.07. The molecule has 0 spiro atoms. The Balaban J connectivity index is 0.000000605. The summed E-state index contributed by atoms with van der Waals surface area (Å²) in [6, 6.07) is 8.63. The Morgan fingerprint density at radius 2 is 1.70 bits per heavy atom. The van der Waals surface area contributed by atoms with Crippen LogP contribution < -0.4 is 0 Å². The van der Waals surface area contributed by atoms with E-state index in [1.54, 1.807) is 0 Å². The Kier molecular flexibility index (Phi) is 1.24. The van der Waals surface area contributed by atoms with Crippen LogP contribution in [0.15, 0.2) is 24.3 Å². The largest absolute Gasteiger partial charge is 0.298 e. The van der Waals surface area contributed by atoms with Crippen LogP contribution in [0.1, 0.15) is 12.6 Å². The fourth-order valence-electron chi connectivity index (χ4n) is 1.50. The number of hydrogen-bond acceptors (Lipinski definition) is 1. The van der Waals surface area contributed by atoms with E-state index in [2.05, 4.69) is 36.2 Å². The molecule has 1 aliphatic heterocycles. The topological polar surface area (TPSA) is 3.24 Å². The smallest absolute Gasteiger partial charge is 0.0237 e. The fraction of sp³-hybridized carbons (Fsp3) is 0.333. The van der Waals surface area contributed by atoms with E-state index in [0.717, 1.165) is 13.1 Å². The maximum absolute atomic E-state index is 2.32. The van der Waals surface area contributed by atoms with Crippen molar-refractivity contribution in [1.82, 2.24) is 4.90 Å². The van der Waals surface area contributed by atoms with E-state index in [4.69, 9.17) is 0 Å². The van der Waals surface area contributed by atoms with Crippen LogP contribution in [0.4, 0.5) is 0 Å². The van der Waals surface area contributed by atoms with E-state index in [9.17, 15) is 0 Å². The van der Waals surface area contributed by atoms with Crippen LogP contribution in [0.3, 0.4) is 0 Å². The molecular formula is C9H13N. The van der Waals surface area contributed by atoms with Gasteiger partial charge in [0.25, 0.3) is 0 Å². The summed E-state index contributed by atoms with van der Waals surface area (Å²) >= 11 is 0. The molecule has 0 atom stereocenters. The van der Waals surface area contributed by atoms with Crippen LogP contribution >= 0.6 is 0 Å². The molecule has 1 nitrogen and oxygen atoms in total. The second-order valence-corrected chi connectivity index (χ2v) is 2.94. The average Bonchev–Trinajstić information content (AvgIpc) is 2.27. The first-order valence-corrected chi connectivity index (χ1v) is 3.61. The zero-order chi connectivity index (χ0) is 6.97. The molecular weight excluding hydrogens is 122 g/mol. The Labute approximate surface area is 62.8 Å². The van der Waals surface area contributed by atoms with Crippen molar-refractivity contribution >= 4 is 0 Å². The van der Waals surface area contributed by atoms with Gasteiger partial charge in [-0.05, 0) is 18.2 Å². The van der Waals surface area contributed by atoms with Crippen molar-refractivity contribution in [3.63, 3.8) is 0 Å². The zero-order valence-corrected chi connectivity index (χ0v) is 6.17. The molecule has 0 N–H and O–H groups in total. The molecule has 0 radical (unpaired) electrons. The van der Waals surface area contributed by atoms with Crippen molar-refractivity contribution in [2.24, 2.45) is 0 Å². The molecule has 0 unspecified atom stereocenters. The highest BCUT2D eigenvalue weighted by Gasteiger charge is 2.12. The second-order valence-electron chi connectivity index (χ2n) is 2.94. The highest BCUT2D eigenvalue weighted by atomic mass is 15.1. The minimum absolute atomic E-state index is 0. The Hall–Kier alpha value is -0.820. The van der Waals surface area contributed by atoms with Gasteiger partial charge >= 0.3 is 0 Å². The van der Waals surface area contributed by atoms with Gasteiger partial charge in [-0.2, -0.15) is 0 Å². The van der Waals surface area contributed by atoms with Gasteiger partial charge in [-0.25, -0.2) is 0 Å². The quantitative estimate of drug-likeness (QED) is 0.525. The first-order valence-electron chi connectivity index (χ1n) is 3.61. The minimum Gasteiger partial charge on any atom is -0.298 e. The van der Waals surface area contributed by atoms with Crippen LogP contribution in [-0.4, -0.2) is 11.9 Å². The summed E-state index contributed by atoms with van der Waals surface area (Å²) in [6.07, 6.45) is 0. The van der Waals surface area contributed by atoms with Crippen molar-refractivity contribution in [2.45, 2.75) is 13.1 Å². The molecule has 2 rings (SSSR count). The van der Waals surface area contributed by atoms with Gasteiger partial charge in [-0.3, -0.25) is 4.90 Å². The van der Waals surface area contributed by atoms with E-state index in [0.29, 0.717) is 0 Å². The van der Waals surface area contributed by atoms with Crippen molar-refractivity contribution < 1.29 is 1.43 Å². The lowest BCUT2D eigenvalue weighted by Gasteiger charge is -2.02. The normalized spacial score (nSPS) is 17.3. The van der Waals surface area contributed by atoms with Crippen LogP contribution in [0.2, 0.25) is 0 Å². The molecule has 0 saturated heterocycles. The third-order valence-electron chi connectivity index (χ3n) is 2.00. The lowest BCUT2D eigenvalue weighted by atomic mass is 10.1. The van der Waals surface area contributed by atoms with Crippen molar-refractivity contribution in [1.29, 1.82) is 0 Å². The first-order chi connectivity index (χ1) is 4.86. The third-order valence-corrected chi connectivity index (χ3v) is 2.00. The Morgan fingerprint density at radius 1 is 1.20 bits per heavy atom. The number of benzene rings is 1. The highest BCUT2D eigenvalue weighted by molar-refractivity contribution is 5.29. The number of hydrogen-bond donors (Lipinski definition) is 0. The predicted molar refractivity (Wildman–Crippen MR) is 43.7 cm³/mol. The van der Waals surface area contributed by atoms with E-state index in [-0.39, 0.29) is 1.43 Å². The van der Waals surface area contributed by atoms with Crippen LogP contribution in [0, 0.1) is 0 Å². The molecule has 1 heteroatoms. The standard InChI is InChI=1S/C9H11N.H2/c1-10-6-8-4-2-3-5-9(8)7-10;/h2-5H,6-7H2,1H3;1H. The monoisotopic (exact) mass is 135 g/mol. The first kappa shape index (κ1) is 5.93. The summed E-state index contributed by atoms with van der Waals surface area (Å²) < 4.78 is 0. The molecule has 1 aromatic carbocycles. The zero-order valence-electron chi connectivity index (χ0n) is 6.17. The van der Waals surface area contributed by atoms with Crippen molar-refractivity contribution in [2.75, 3.05) is 7.05 Å². The molecule has 1 aromatic rings. The van der Waals surface area contributed by atoms with Gasteiger partial charge in [0.2, 0.25) is 0 Å². The second kappa shape index (κ2) is 2.10. The average molecular weight is 135 g/mol. The van der Waals surface area contributed by atoms with Gasteiger partial charge in [0.15, 0.2) is 0 Å². The molecule has 0 aromatic heterocycles. The van der Waals surface area contributed by atoms with Gasteiger partial charge < -0.3 is 0 Å². The molecule has 0 aliphatic carbocycles. The fourth-order valence-corrected chi connectivity index (χ4v) is 1.50. The number of nitrogens with zero attached hydrogens (tertiary/aromatic N) is 1. The summed E-state index contributed by atoms with van der Waals surface area (Å²) in [5.74, 6) is 0. The Morgan fingerprint density at radius 3 is 2.20 bits per heavy atom. The van der Waals surface area contributed by atoms with Gasteiger partial charge in [-0.15, -0.1) is 0 Å². The molecule has 0 saturated carbocycles. The van der Waals surface area contributed by atoms with Crippen molar-refractivity contribution in [3.05, 3.63) is 35.4 Å². The molecule has 1 heterocycles. The van der Waals surface area contributed by atoms with Crippen LogP contribution in [-0.2, 0) is 13.1 Å². The maximum Gasteiger partial charge on any atom is 0.0237 e. The predicted octanol–water partition coefficient (Wildman–Crippen LogP) is 1.88. The molecule has 0 amide bonds. The van der Waals surface area contributed by atoms with Crippen LogP contribution in [0.5, 0.6) is 0 Å². The third kappa shape index (κ3) is 0.830. The van der Waals surface area contributed by atoms with E-state index < -0.39 is 0 Å². The van der Waals surface area contributed by atoms with Gasteiger partial charge in [0, 0.05) is 14.5 Å². The summed E-state index contributed by atoms with van der Waals surface area (Å²) in [7, 11) is 2.15. The van der Waals surface area contributed by atoms with Crippen molar-refractivity contribution in [3.8, 4) is 0 Å². The Bertz CT molecular complexity index is 222. The molecule has 54 valence electrons. The van der Waals surface area contributed by atoms with E-state index in [1.165, 1.54) is 11.1 Å². The van der Waals surface area contributed by atoms with Gasteiger partial charge in [-0.1, -0.05) is 24.3 Å². The molecule has 0 fully saturated rings. The van der Waals surface area contributed by atoms with E-state index >= 15 is 0 Å². The SMILES string of the molecule is CN1Cc2ccccc2C1.[HH]. The summed E-state index contributed by atoms with van der Waals surface area (Å²) in [5, 5.41) is 0. The molecule has 10 heavy (non-hydrogen) atoms. The number of rotatable bonds is 0. The maximum atomic E-state index is 2.32. The van der Waals surface area contributed by atoms with E-state index in [1.807, 2.05) is 0 Å². The van der Waals surface area contributed by atoms with Gasteiger partial charge in [0.05, 0.1) is 0 Å². The highest BCUT2D eigenvalue weighted by Crippen LogP contribution is 2.19. The minimum atomic E-state index is 0. The summed E-state index contributed by atoms with van der Waals surface area (Å²) in [6.45, 7) is 2.24. The molecule has 1 aliphatic rings.